The number of carbonyl (C=O) groups is 1. The van der Waals surface area contributed by atoms with Gasteiger partial charge in [0.25, 0.3) is 0 Å². The lowest BCUT2D eigenvalue weighted by atomic mass is 10.2. The van der Waals surface area contributed by atoms with Crippen molar-refractivity contribution < 1.29 is 18.7 Å². The van der Waals surface area contributed by atoms with Gasteiger partial charge in [-0.25, -0.2) is 9.18 Å². The zero-order valence-corrected chi connectivity index (χ0v) is 11.5. The fourth-order valence-electron chi connectivity index (χ4n) is 1.10. The van der Waals surface area contributed by atoms with E-state index in [1.165, 1.54) is 18.2 Å². The van der Waals surface area contributed by atoms with Crippen molar-refractivity contribution in [2.45, 2.75) is 26.4 Å². The molecule has 0 aliphatic carbocycles. The average molecular weight is 305 g/mol. The van der Waals surface area contributed by atoms with Gasteiger partial charge in [-0.3, -0.25) is 0 Å². The van der Waals surface area contributed by atoms with E-state index in [0.717, 1.165) is 0 Å². The van der Waals surface area contributed by atoms with Gasteiger partial charge in [0, 0.05) is 6.07 Å². The summed E-state index contributed by atoms with van der Waals surface area (Å²) in [5, 5.41) is 0. The highest BCUT2D eigenvalue weighted by Gasteiger charge is 2.17. The topological polar surface area (TPSA) is 35.5 Å². The minimum atomic E-state index is -0.556. The number of benzene rings is 1. The van der Waals surface area contributed by atoms with E-state index in [9.17, 15) is 9.18 Å². The standard InChI is InChI=1S/C12H14BrFO3/c1-12(2,3)17-11(15)7-16-10-6-8(14)4-5-9(10)13/h4-6H,7H2,1-3H3. The van der Waals surface area contributed by atoms with E-state index < -0.39 is 17.4 Å². The van der Waals surface area contributed by atoms with Gasteiger partial charge in [-0.05, 0) is 48.8 Å². The third-order valence-electron chi connectivity index (χ3n) is 1.66. The third kappa shape index (κ3) is 5.17. The van der Waals surface area contributed by atoms with Crippen LogP contribution in [0.4, 0.5) is 4.39 Å². The molecule has 0 fully saturated rings. The summed E-state index contributed by atoms with van der Waals surface area (Å²) in [5.41, 5.74) is -0.556. The van der Waals surface area contributed by atoms with Gasteiger partial charge in [-0.15, -0.1) is 0 Å². The molecule has 0 atom stereocenters. The van der Waals surface area contributed by atoms with Crippen LogP contribution in [0.2, 0.25) is 0 Å². The Labute approximate surface area is 108 Å². The van der Waals surface area contributed by atoms with E-state index >= 15 is 0 Å². The highest BCUT2D eigenvalue weighted by molar-refractivity contribution is 9.10. The van der Waals surface area contributed by atoms with E-state index in [1.54, 1.807) is 20.8 Å². The van der Waals surface area contributed by atoms with Crippen LogP contribution in [0.5, 0.6) is 5.75 Å². The number of rotatable bonds is 3. The van der Waals surface area contributed by atoms with E-state index in [2.05, 4.69) is 15.9 Å². The summed E-state index contributed by atoms with van der Waals surface area (Å²) in [5.74, 6) is -0.642. The van der Waals surface area contributed by atoms with Crippen molar-refractivity contribution in [3.05, 3.63) is 28.5 Å². The lowest BCUT2D eigenvalue weighted by molar-refractivity contribution is -0.157. The molecule has 0 amide bonds. The Balaban J connectivity index is 2.56. The Morgan fingerprint density at radius 1 is 1.41 bits per heavy atom. The highest BCUT2D eigenvalue weighted by atomic mass is 79.9. The molecule has 94 valence electrons. The number of hydrogen-bond donors (Lipinski definition) is 0. The summed E-state index contributed by atoms with van der Waals surface area (Å²) in [7, 11) is 0. The molecule has 1 rings (SSSR count). The fourth-order valence-corrected chi connectivity index (χ4v) is 1.46. The second-order valence-electron chi connectivity index (χ2n) is 4.45. The van der Waals surface area contributed by atoms with E-state index in [1.807, 2.05) is 0 Å². The molecular formula is C12H14BrFO3. The SMILES string of the molecule is CC(C)(C)OC(=O)COc1cc(F)ccc1Br. The van der Waals surface area contributed by atoms with Crippen LogP contribution in [0.15, 0.2) is 22.7 Å². The molecule has 0 aliphatic heterocycles. The molecule has 1 aromatic rings. The Kier molecular flexibility index (Phi) is 4.51. The van der Waals surface area contributed by atoms with Gasteiger partial charge < -0.3 is 9.47 Å². The minimum absolute atomic E-state index is 0.251. The molecule has 0 unspecified atom stereocenters. The van der Waals surface area contributed by atoms with Crippen LogP contribution in [0.3, 0.4) is 0 Å². The van der Waals surface area contributed by atoms with Crippen LogP contribution in [0.1, 0.15) is 20.8 Å². The molecule has 0 saturated heterocycles. The van der Waals surface area contributed by atoms with Gasteiger partial charge in [0.15, 0.2) is 6.61 Å². The molecule has 0 bridgehead atoms. The van der Waals surface area contributed by atoms with Crippen LogP contribution >= 0.6 is 15.9 Å². The van der Waals surface area contributed by atoms with Gasteiger partial charge >= 0.3 is 5.97 Å². The molecule has 0 heterocycles. The van der Waals surface area contributed by atoms with Crippen molar-refractivity contribution >= 4 is 21.9 Å². The summed E-state index contributed by atoms with van der Waals surface area (Å²) < 4.78 is 23.7. The lowest BCUT2D eigenvalue weighted by Crippen LogP contribution is -2.27. The Bertz CT molecular complexity index is 413. The van der Waals surface area contributed by atoms with Gasteiger partial charge in [0.1, 0.15) is 17.2 Å². The molecule has 17 heavy (non-hydrogen) atoms. The van der Waals surface area contributed by atoms with Gasteiger partial charge in [-0.1, -0.05) is 0 Å². The summed E-state index contributed by atoms with van der Waals surface area (Å²) in [6, 6.07) is 4.01. The summed E-state index contributed by atoms with van der Waals surface area (Å²) in [6.45, 7) is 5.05. The molecule has 5 heteroatoms. The number of carbonyl (C=O) groups excluding carboxylic acids is 1. The minimum Gasteiger partial charge on any atom is -0.481 e. The Morgan fingerprint density at radius 3 is 2.65 bits per heavy atom. The van der Waals surface area contributed by atoms with Crippen molar-refractivity contribution in [1.82, 2.24) is 0 Å². The van der Waals surface area contributed by atoms with Gasteiger partial charge in [-0.2, -0.15) is 0 Å². The predicted octanol–water partition coefficient (Wildman–Crippen LogP) is 3.31. The maximum absolute atomic E-state index is 12.9. The summed E-state index contributed by atoms with van der Waals surface area (Å²) in [4.78, 5) is 11.4. The molecule has 0 spiro atoms. The maximum Gasteiger partial charge on any atom is 0.344 e. The first-order valence-corrected chi connectivity index (χ1v) is 5.87. The number of halogens is 2. The second kappa shape index (κ2) is 5.49. The quantitative estimate of drug-likeness (QED) is 0.804. The summed E-state index contributed by atoms with van der Waals surface area (Å²) >= 11 is 3.20. The third-order valence-corrected chi connectivity index (χ3v) is 2.31. The average Bonchev–Trinajstić information content (AvgIpc) is 2.17. The van der Waals surface area contributed by atoms with Gasteiger partial charge in [0.05, 0.1) is 4.47 Å². The molecule has 1 aromatic carbocycles. The Morgan fingerprint density at radius 2 is 2.06 bits per heavy atom. The normalized spacial score (nSPS) is 11.1. The van der Waals surface area contributed by atoms with E-state index in [0.29, 0.717) is 4.47 Å². The summed E-state index contributed by atoms with van der Waals surface area (Å²) in [6.07, 6.45) is 0. The van der Waals surface area contributed by atoms with Crippen LogP contribution in [0.25, 0.3) is 0 Å². The number of ether oxygens (including phenoxy) is 2. The Hall–Kier alpha value is -1.10. The number of esters is 1. The zero-order chi connectivity index (χ0) is 13.1. The van der Waals surface area contributed by atoms with Crippen molar-refractivity contribution in [2.75, 3.05) is 6.61 Å². The molecule has 0 saturated carbocycles. The molecular weight excluding hydrogens is 291 g/mol. The first-order valence-electron chi connectivity index (χ1n) is 5.07. The van der Waals surface area contributed by atoms with Crippen LogP contribution in [0, 0.1) is 5.82 Å². The first kappa shape index (κ1) is 14.0. The molecule has 3 nitrogen and oxygen atoms in total. The highest BCUT2D eigenvalue weighted by Crippen LogP contribution is 2.25. The van der Waals surface area contributed by atoms with Crippen LogP contribution in [-0.2, 0) is 9.53 Å². The largest absolute Gasteiger partial charge is 0.481 e. The van der Waals surface area contributed by atoms with Crippen molar-refractivity contribution in [3.63, 3.8) is 0 Å². The lowest BCUT2D eigenvalue weighted by Gasteiger charge is -2.19. The first-order chi connectivity index (χ1) is 7.78. The van der Waals surface area contributed by atoms with E-state index in [-0.39, 0.29) is 12.4 Å². The van der Waals surface area contributed by atoms with Crippen molar-refractivity contribution in [3.8, 4) is 5.75 Å². The second-order valence-corrected chi connectivity index (χ2v) is 5.30. The molecule has 0 radical (unpaired) electrons. The predicted molar refractivity (Wildman–Crippen MR) is 65.4 cm³/mol. The molecule has 0 aliphatic rings. The van der Waals surface area contributed by atoms with Gasteiger partial charge in [0.2, 0.25) is 0 Å². The molecule has 0 aromatic heterocycles. The zero-order valence-electron chi connectivity index (χ0n) is 9.92. The maximum atomic E-state index is 12.9. The monoisotopic (exact) mass is 304 g/mol. The van der Waals surface area contributed by atoms with Crippen molar-refractivity contribution in [2.24, 2.45) is 0 Å². The van der Waals surface area contributed by atoms with Crippen molar-refractivity contribution in [1.29, 1.82) is 0 Å². The smallest absolute Gasteiger partial charge is 0.344 e. The van der Waals surface area contributed by atoms with E-state index in [4.69, 9.17) is 9.47 Å². The fraction of sp³-hybridized carbons (Fsp3) is 0.417. The van der Waals surface area contributed by atoms with Crippen LogP contribution < -0.4 is 4.74 Å². The van der Waals surface area contributed by atoms with Crippen LogP contribution in [-0.4, -0.2) is 18.2 Å². The molecule has 0 N–H and O–H groups in total. The number of hydrogen-bond acceptors (Lipinski definition) is 3.